The van der Waals surface area contributed by atoms with E-state index in [0.29, 0.717) is 18.0 Å². The minimum absolute atomic E-state index is 0.224. The predicted octanol–water partition coefficient (Wildman–Crippen LogP) is 1.86. The van der Waals surface area contributed by atoms with Gasteiger partial charge in [-0.3, -0.25) is 4.79 Å². The van der Waals surface area contributed by atoms with E-state index in [1.165, 1.54) is 41.4 Å². The van der Waals surface area contributed by atoms with Crippen LogP contribution in [0.3, 0.4) is 0 Å². The second kappa shape index (κ2) is 6.58. The van der Waals surface area contributed by atoms with Crippen LogP contribution in [-0.4, -0.2) is 39.3 Å². The quantitative estimate of drug-likeness (QED) is 0.902. The molecule has 1 aromatic rings. The molecule has 1 saturated carbocycles. The van der Waals surface area contributed by atoms with Gasteiger partial charge in [0, 0.05) is 26.2 Å². The van der Waals surface area contributed by atoms with E-state index in [4.69, 9.17) is 0 Å². The van der Waals surface area contributed by atoms with E-state index in [1.807, 2.05) is 0 Å². The van der Waals surface area contributed by atoms with Crippen LogP contribution in [0.5, 0.6) is 0 Å². The number of hydrogen-bond donors (Lipinski definition) is 1. The summed E-state index contributed by atoms with van der Waals surface area (Å²) in [6.07, 6.45) is 4.60. The number of amides is 1. The molecular weight excluding hydrogens is 288 g/mol. The monoisotopic (exact) mass is 310 g/mol. The fourth-order valence-corrected chi connectivity index (χ4v) is 4.00. The summed E-state index contributed by atoms with van der Waals surface area (Å²) in [6.45, 7) is 0.569. The number of rotatable bonds is 5. The Morgan fingerprint density at radius 2 is 1.81 bits per heavy atom. The van der Waals surface area contributed by atoms with Gasteiger partial charge >= 0.3 is 0 Å². The first-order valence-corrected chi connectivity index (χ1v) is 8.67. The zero-order valence-electron chi connectivity index (χ0n) is 12.5. The Morgan fingerprint density at radius 3 is 2.33 bits per heavy atom. The summed E-state index contributed by atoms with van der Waals surface area (Å²) < 4.78 is 26.4. The molecule has 0 aliphatic heterocycles. The first-order chi connectivity index (χ1) is 9.95. The third-order valence-corrected chi connectivity index (χ3v) is 5.88. The average molecular weight is 310 g/mol. The molecule has 5 nitrogen and oxygen atoms in total. The van der Waals surface area contributed by atoms with Crippen molar-refractivity contribution in [3.8, 4) is 0 Å². The van der Waals surface area contributed by atoms with Crippen molar-refractivity contribution in [2.75, 3.05) is 20.6 Å². The highest BCUT2D eigenvalue weighted by Gasteiger charge is 2.25. The van der Waals surface area contributed by atoms with Gasteiger partial charge in [0.15, 0.2) is 0 Å². The van der Waals surface area contributed by atoms with Gasteiger partial charge in [-0.05, 0) is 43.0 Å². The lowest BCUT2D eigenvalue weighted by Crippen LogP contribution is -2.31. The maximum Gasteiger partial charge on any atom is 0.251 e. The number of benzene rings is 1. The third-order valence-electron chi connectivity index (χ3n) is 4.04. The number of hydrogen-bond acceptors (Lipinski definition) is 3. The van der Waals surface area contributed by atoms with E-state index in [-0.39, 0.29) is 10.8 Å². The molecule has 1 fully saturated rings. The van der Waals surface area contributed by atoms with Crippen molar-refractivity contribution in [2.45, 2.75) is 30.6 Å². The summed E-state index contributed by atoms with van der Waals surface area (Å²) in [5.74, 6) is 0.244. The molecule has 0 atom stereocenters. The van der Waals surface area contributed by atoms with Gasteiger partial charge in [0.1, 0.15) is 0 Å². The number of nitrogens with zero attached hydrogens (tertiary/aromatic N) is 1. The molecule has 0 saturated heterocycles. The van der Waals surface area contributed by atoms with Gasteiger partial charge in [-0.25, -0.2) is 12.7 Å². The Bertz CT molecular complexity index is 590. The molecule has 116 valence electrons. The van der Waals surface area contributed by atoms with Crippen molar-refractivity contribution in [3.63, 3.8) is 0 Å². The molecule has 0 aromatic heterocycles. The summed E-state index contributed by atoms with van der Waals surface area (Å²) in [7, 11) is -0.305. The molecule has 1 N–H and O–H groups in total. The molecule has 0 unspecified atom stereocenters. The van der Waals surface area contributed by atoms with Crippen LogP contribution in [0.25, 0.3) is 0 Å². The number of nitrogens with one attached hydrogen (secondary N) is 1. The SMILES string of the molecule is CNC(=O)c1ccc(S(=O)(=O)N(C)CC2CCCC2)cc1. The molecule has 0 heterocycles. The van der Waals surface area contributed by atoms with Crippen molar-refractivity contribution in [1.29, 1.82) is 0 Å². The standard InChI is InChI=1S/C15H22N2O3S/c1-16-15(18)13-7-9-14(10-8-13)21(19,20)17(2)11-12-5-3-4-6-12/h7-10,12H,3-6,11H2,1-2H3,(H,16,18). The van der Waals surface area contributed by atoms with Crippen LogP contribution in [0.15, 0.2) is 29.2 Å². The molecule has 1 aliphatic carbocycles. The molecule has 0 radical (unpaired) electrons. The normalized spacial score (nSPS) is 16.3. The summed E-state index contributed by atoms with van der Waals surface area (Å²) >= 11 is 0. The highest BCUT2D eigenvalue weighted by Crippen LogP contribution is 2.27. The lowest BCUT2D eigenvalue weighted by molar-refractivity contribution is 0.0963. The first-order valence-electron chi connectivity index (χ1n) is 7.23. The summed E-state index contributed by atoms with van der Waals surface area (Å²) in [5, 5.41) is 2.51. The molecule has 1 amide bonds. The van der Waals surface area contributed by atoms with Crippen LogP contribution in [0.2, 0.25) is 0 Å². The van der Waals surface area contributed by atoms with Crippen LogP contribution >= 0.6 is 0 Å². The smallest absolute Gasteiger partial charge is 0.251 e. The lowest BCUT2D eigenvalue weighted by atomic mass is 10.1. The van der Waals surface area contributed by atoms with Gasteiger partial charge in [0.2, 0.25) is 10.0 Å². The van der Waals surface area contributed by atoms with E-state index < -0.39 is 10.0 Å². The van der Waals surface area contributed by atoms with Crippen molar-refractivity contribution in [1.82, 2.24) is 9.62 Å². The van der Waals surface area contributed by atoms with E-state index in [0.717, 1.165) is 12.8 Å². The Hall–Kier alpha value is -1.40. The van der Waals surface area contributed by atoms with Crippen molar-refractivity contribution >= 4 is 15.9 Å². The van der Waals surface area contributed by atoms with Crippen molar-refractivity contribution in [3.05, 3.63) is 29.8 Å². The molecule has 0 spiro atoms. The summed E-state index contributed by atoms with van der Waals surface area (Å²) in [4.78, 5) is 11.7. The van der Waals surface area contributed by atoms with Gasteiger partial charge in [-0.2, -0.15) is 0 Å². The lowest BCUT2D eigenvalue weighted by Gasteiger charge is -2.20. The minimum Gasteiger partial charge on any atom is -0.355 e. The van der Waals surface area contributed by atoms with Crippen LogP contribution in [-0.2, 0) is 10.0 Å². The van der Waals surface area contributed by atoms with Crippen LogP contribution in [0.1, 0.15) is 36.0 Å². The summed E-state index contributed by atoms with van der Waals surface area (Å²) in [6, 6.07) is 6.06. The van der Waals surface area contributed by atoms with E-state index in [1.54, 1.807) is 14.1 Å². The highest BCUT2D eigenvalue weighted by molar-refractivity contribution is 7.89. The van der Waals surface area contributed by atoms with E-state index >= 15 is 0 Å². The maximum atomic E-state index is 12.5. The maximum absolute atomic E-state index is 12.5. The van der Waals surface area contributed by atoms with Gasteiger partial charge in [-0.1, -0.05) is 12.8 Å². The number of carbonyl (C=O) groups is 1. The minimum atomic E-state index is -3.47. The molecule has 0 bridgehead atoms. The third kappa shape index (κ3) is 3.63. The molecule has 2 rings (SSSR count). The second-order valence-electron chi connectivity index (χ2n) is 5.54. The fourth-order valence-electron chi connectivity index (χ4n) is 2.76. The molecule has 21 heavy (non-hydrogen) atoms. The van der Waals surface area contributed by atoms with Gasteiger partial charge < -0.3 is 5.32 Å². The highest BCUT2D eigenvalue weighted by atomic mass is 32.2. The fraction of sp³-hybridized carbons (Fsp3) is 0.533. The van der Waals surface area contributed by atoms with Gasteiger partial charge in [-0.15, -0.1) is 0 Å². The molecule has 1 aliphatic rings. The zero-order chi connectivity index (χ0) is 15.5. The van der Waals surface area contributed by atoms with Crippen LogP contribution < -0.4 is 5.32 Å². The van der Waals surface area contributed by atoms with Crippen molar-refractivity contribution < 1.29 is 13.2 Å². The number of carbonyl (C=O) groups excluding carboxylic acids is 1. The average Bonchev–Trinajstić information content (AvgIpc) is 2.99. The van der Waals surface area contributed by atoms with Crippen molar-refractivity contribution in [2.24, 2.45) is 5.92 Å². The number of sulfonamides is 1. The Labute approximate surface area is 126 Å². The predicted molar refractivity (Wildman–Crippen MR) is 81.6 cm³/mol. The Kier molecular flexibility index (Phi) is 5.00. The van der Waals surface area contributed by atoms with Gasteiger partial charge in [0.25, 0.3) is 5.91 Å². The topological polar surface area (TPSA) is 66.5 Å². The molecule has 1 aromatic carbocycles. The zero-order valence-corrected chi connectivity index (χ0v) is 13.3. The van der Waals surface area contributed by atoms with Gasteiger partial charge in [0.05, 0.1) is 4.90 Å². The summed E-state index contributed by atoms with van der Waals surface area (Å²) in [5.41, 5.74) is 0.454. The second-order valence-corrected chi connectivity index (χ2v) is 7.58. The van der Waals surface area contributed by atoms with E-state index in [2.05, 4.69) is 5.32 Å². The molecular formula is C15H22N2O3S. The molecule has 6 heteroatoms. The van der Waals surface area contributed by atoms with E-state index in [9.17, 15) is 13.2 Å². The largest absolute Gasteiger partial charge is 0.355 e. The Morgan fingerprint density at radius 1 is 1.24 bits per heavy atom. The first kappa shape index (κ1) is 16.0. The van der Waals surface area contributed by atoms with Crippen LogP contribution in [0, 0.1) is 5.92 Å². The van der Waals surface area contributed by atoms with Crippen LogP contribution in [0.4, 0.5) is 0 Å². The Balaban J connectivity index is 2.12.